The number of rotatable bonds is 4. The number of carbonyl (C=O) groups is 1. The van der Waals surface area contributed by atoms with Crippen LogP contribution in [0.25, 0.3) is 0 Å². The standard InChI is InChI=1S/C14H26O3/c1-13(2,17)10-11-14(12(15)16)8-6-4-3-5-7-9-14/h17H,3-11H2,1-2H3,(H,15,16). The number of aliphatic hydroxyl groups is 1. The van der Waals surface area contributed by atoms with Gasteiger partial charge in [0, 0.05) is 0 Å². The first-order chi connectivity index (χ1) is 7.86. The van der Waals surface area contributed by atoms with E-state index in [2.05, 4.69) is 0 Å². The highest BCUT2D eigenvalue weighted by Crippen LogP contribution is 2.39. The van der Waals surface area contributed by atoms with E-state index >= 15 is 0 Å². The molecule has 0 atom stereocenters. The van der Waals surface area contributed by atoms with Crippen LogP contribution in [0.4, 0.5) is 0 Å². The van der Waals surface area contributed by atoms with Crippen LogP contribution in [0.1, 0.15) is 71.6 Å². The molecule has 0 saturated heterocycles. The molecule has 0 unspecified atom stereocenters. The maximum Gasteiger partial charge on any atom is 0.309 e. The fourth-order valence-electron chi connectivity index (χ4n) is 2.70. The van der Waals surface area contributed by atoms with Crippen molar-refractivity contribution in [3.05, 3.63) is 0 Å². The number of aliphatic carboxylic acids is 1. The van der Waals surface area contributed by atoms with Crippen molar-refractivity contribution in [3.63, 3.8) is 0 Å². The van der Waals surface area contributed by atoms with E-state index < -0.39 is 17.0 Å². The van der Waals surface area contributed by atoms with Crippen LogP contribution >= 0.6 is 0 Å². The molecule has 0 aliphatic heterocycles. The van der Waals surface area contributed by atoms with Crippen LogP contribution < -0.4 is 0 Å². The molecular weight excluding hydrogens is 216 g/mol. The highest BCUT2D eigenvalue weighted by Gasteiger charge is 2.38. The van der Waals surface area contributed by atoms with Gasteiger partial charge in [-0.05, 0) is 39.5 Å². The van der Waals surface area contributed by atoms with Gasteiger partial charge in [0.2, 0.25) is 0 Å². The molecule has 17 heavy (non-hydrogen) atoms. The largest absolute Gasteiger partial charge is 0.481 e. The van der Waals surface area contributed by atoms with E-state index in [1.165, 1.54) is 6.42 Å². The molecule has 0 bridgehead atoms. The summed E-state index contributed by atoms with van der Waals surface area (Å²) in [5, 5.41) is 19.3. The molecule has 0 aromatic heterocycles. The van der Waals surface area contributed by atoms with E-state index in [1.54, 1.807) is 13.8 Å². The molecule has 1 aliphatic rings. The van der Waals surface area contributed by atoms with Crippen molar-refractivity contribution in [2.24, 2.45) is 5.41 Å². The summed E-state index contributed by atoms with van der Waals surface area (Å²) < 4.78 is 0. The first-order valence-corrected chi connectivity index (χ1v) is 6.82. The van der Waals surface area contributed by atoms with Crippen molar-refractivity contribution >= 4 is 5.97 Å². The summed E-state index contributed by atoms with van der Waals surface area (Å²) in [6.45, 7) is 3.51. The summed E-state index contributed by atoms with van der Waals surface area (Å²) in [6, 6.07) is 0. The Balaban J connectivity index is 2.68. The molecule has 3 nitrogen and oxygen atoms in total. The van der Waals surface area contributed by atoms with Gasteiger partial charge < -0.3 is 10.2 Å². The Hall–Kier alpha value is -0.570. The number of carboxylic acid groups (broad SMARTS) is 1. The van der Waals surface area contributed by atoms with Gasteiger partial charge in [-0.25, -0.2) is 0 Å². The third-order valence-electron chi connectivity index (χ3n) is 3.98. The van der Waals surface area contributed by atoms with Gasteiger partial charge in [-0.15, -0.1) is 0 Å². The Morgan fingerprint density at radius 1 is 1.12 bits per heavy atom. The molecule has 0 aromatic carbocycles. The van der Waals surface area contributed by atoms with Crippen molar-refractivity contribution in [1.29, 1.82) is 0 Å². The Morgan fingerprint density at radius 3 is 2.00 bits per heavy atom. The van der Waals surface area contributed by atoms with Crippen LogP contribution in [-0.4, -0.2) is 21.8 Å². The molecule has 1 aliphatic carbocycles. The SMILES string of the molecule is CC(C)(O)CCC1(C(=O)O)CCCCCCC1. The van der Waals surface area contributed by atoms with Gasteiger partial charge in [-0.3, -0.25) is 4.79 Å². The zero-order chi connectivity index (χ0) is 12.9. The second-order valence-corrected chi connectivity index (χ2v) is 6.17. The predicted octanol–water partition coefficient (Wildman–Crippen LogP) is 3.35. The van der Waals surface area contributed by atoms with Gasteiger partial charge in [-0.1, -0.05) is 32.1 Å². The molecule has 1 fully saturated rings. The van der Waals surface area contributed by atoms with Crippen LogP contribution in [0.15, 0.2) is 0 Å². The Labute approximate surface area is 104 Å². The van der Waals surface area contributed by atoms with E-state index in [0.717, 1.165) is 38.5 Å². The average molecular weight is 242 g/mol. The zero-order valence-corrected chi connectivity index (χ0v) is 11.2. The maximum atomic E-state index is 11.6. The van der Waals surface area contributed by atoms with Crippen molar-refractivity contribution in [2.75, 3.05) is 0 Å². The summed E-state index contributed by atoms with van der Waals surface area (Å²) >= 11 is 0. The Bertz CT molecular complexity index is 245. The summed E-state index contributed by atoms with van der Waals surface area (Å²) in [4.78, 5) is 11.6. The second-order valence-electron chi connectivity index (χ2n) is 6.17. The summed E-state index contributed by atoms with van der Waals surface area (Å²) in [5.74, 6) is -0.663. The number of carboxylic acids is 1. The number of hydrogen-bond donors (Lipinski definition) is 2. The molecule has 0 heterocycles. The average Bonchev–Trinajstić information content (AvgIpc) is 2.14. The summed E-state index contributed by atoms with van der Waals surface area (Å²) in [7, 11) is 0. The quantitative estimate of drug-likeness (QED) is 0.794. The van der Waals surface area contributed by atoms with E-state index in [4.69, 9.17) is 0 Å². The molecule has 0 spiro atoms. The second kappa shape index (κ2) is 5.85. The van der Waals surface area contributed by atoms with E-state index in [0.29, 0.717) is 12.8 Å². The zero-order valence-electron chi connectivity index (χ0n) is 11.2. The van der Waals surface area contributed by atoms with Crippen molar-refractivity contribution in [2.45, 2.75) is 77.2 Å². The first-order valence-electron chi connectivity index (χ1n) is 6.82. The van der Waals surface area contributed by atoms with Crippen molar-refractivity contribution < 1.29 is 15.0 Å². The van der Waals surface area contributed by atoms with Gasteiger partial charge in [0.15, 0.2) is 0 Å². The van der Waals surface area contributed by atoms with E-state index in [1.807, 2.05) is 0 Å². The fourth-order valence-corrected chi connectivity index (χ4v) is 2.70. The van der Waals surface area contributed by atoms with Crippen molar-refractivity contribution in [3.8, 4) is 0 Å². The lowest BCUT2D eigenvalue weighted by Gasteiger charge is -2.33. The highest BCUT2D eigenvalue weighted by atomic mass is 16.4. The Morgan fingerprint density at radius 2 is 1.59 bits per heavy atom. The minimum Gasteiger partial charge on any atom is -0.481 e. The topological polar surface area (TPSA) is 57.5 Å². The molecule has 2 N–H and O–H groups in total. The normalized spacial score (nSPS) is 21.6. The first kappa shape index (κ1) is 14.5. The van der Waals surface area contributed by atoms with Crippen LogP contribution in [0.2, 0.25) is 0 Å². The van der Waals surface area contributed by atoms with E-state index in [9.17, 15) is 15.0 Å². The van der Waals surface area contributed by atoms with Crippen molar-refractivity contribution in [1.82, 2.24) is 0 Å². The minimum atomic E-state index is -0.759. The van der Waals surface area contributed by atoms with E-state index in [-0.39, 0.29) is 0 Å². The van der Waals surface area contributed by atoms with Gasteiger partial charge in [0.25, 0.3) is 0 Å². The summed E-state index contributed by atoms with van der Waals surface area (Å²) in [5.41, 5.74) is -1.34. The van der Waals surface area contributed by atoms with Gasteiger partial charge in [0.1, 0.15) is 0 Å². The highest BCUT2D eigenvalue weighted by molar-refractivity contribution is 5.74. The lowest BCUT2D eigenvalue weighted by Crippen LogP contribution is -2.34. The summed E-state index contributed by atoms with van der Waals surface area (Å²) in [6.07, 6.45) is 8.29. The molecule has 0 radical (unpaired) electrons. The molecular formula is C14H26O3. The smallest absolute Gasteiger partial charge is 0.309 e. The minimum absolute atomic E-state index is 0.569. The van der Waals surface area contributed by atoms with Crippen LogP contribution in [0, 0.1) is 5.41 Å². The predicted molar refractivity (Wildman–Crippen MR) is 67.9 cm³/mol. The van der Waals surface area contributed by atoms with Gasteiger partial charge in [-0.2, -0.15) is 0 Å². The number of hydrogen-bond acceptors (Lipinski definition) is 2. The lowest BCUT2D eigenvalue weighted by atomic mass is 9.72. The lowest BCUT2D eigenvalue weighted by molar-refractivity contribution is -0.151. The molecule has 100 valence electrons. The monoisotopic (exact) mass is 242 g/mol. The molecule has 0 amide bonds. The third-order valence-corrected chi connectivity index (χ3v) is 3.98. The molecule has 1 saturated carbocycles. The van der Waals surface area contributed by atoms with Gasteiger partial charge >= 0.3 is 5.97 Å². The van der Waals surface area contributed by atoms with Crippen LogP contribution in [0.3, 0.4) is 0 Å². The molecule has 1 rings (SSSR count). The third kappa shape index (κ3) is 4.66. The molecule has 3 heteroatoms. The molecule has 0 aromatic rings. The Kier molecular flexibility index (Phi) is 4.99. The van der Waals surface area contributed by atoms with Crippen LogP contribution in [-0.2, 0) is 4.79 Å². The fraction of sp³-hybridized carbons (Fsp3) is 0.929. The van der Waals surface area contributed by atoms with Crippen LogP contribution in [0.5, 0.6) is 0 Å². The maximum absolute atomic E-state index is 11.6. The van der Waals surface area contributed by atoms with Gasteiger partial charge in [0.05, 0.1) is 11.0 Å².